The summed E-state index contributed by atoms with van der Waals surface area (Å²) >= 11 is 0. The summed E-state index contributed by atoms with van der Waals surface area (Å²) < 4.78 is 0. The lowest BCUT2D eigenvalue weighted by molar-refractivity contribution is 0.0950. The normalized spacial score (nSPS) is 10.6. The molecule has 0 bridgehead atoms. The van der Waals surface area contributed by atoms with Crippen molar-refractivity contribution in [3.63, 3.8) is 0 Å². The van der Waals surface area contributed by atoms with E-state index in [1.165, 1.54) is 0 Å². The van der Waals surface area contributed by atoms with E-state index in [2.05, 4.69) is 5.32 Å². The number of fused-ring (bicyclic) bond motifs is 1. The molecular formula is C15H18N2O2. The Kier molecular flexibility index (Phi) is 4.36. The predicted molar refractivity (Wildman–Crippen MR) is 76.2 cm³/mol. The fourth-order valence-electron chi connectivity index (χ4n) is 1.98. The number of rotatable bonds is 5. The van der Waals surface area contributed by atoms with Crippen LogP contribution in [0.4, 0.5) is 0 Å². The summed E-state index contributed by atoms with van der Waals surface area (Å²) in [5, 5.41) is 14.5. The molecule has 0 spiro atoms. The van der Waals surface area contributed by atoms with Crippen molar-refractivity contribution in [1.82, 2.24) is 5.32 Å². The van der Waals surface area contributed by atoms with Crippen LogP contribution in [-0.4, -0.2) is 24.1 Å². The monoisotopic (exact) mass is 258 g/mol. The van der Waals surface area contributed by atoms with Crippen LogP contribution in [0.5, 0.6) is 5.75 Å². The SMILES string of the molecule is NCCCCNC(=O)c1cc2ccccc2cc1O. The van der Waals surface area contributed by atoms with Gasteiger partial charge in [-0.25, -0.2) is 0 Å². The molecule has 0 saturated carbocycles. The molecule has 0 aliphatic carbocycles. The molecule has 0 unspecified atom stereocenters. The molecule has 0 aromatic heterocycles. The highest BCUT2D eigenvalue weighted by Crippen LogP contribution is 2.24. The Bertz CT molecular complexity index is 581. The topological polar surface area (TPSA) is 75.3 Å². The van der Waals surface area contributed by atoms with Crippen molar-refractivity contribution in [3.05, 3.63) is 42.0 Å². The van der Waals surface area contributed by atoms with Crippen molar-refractivity contribution in [2.24, 2.45) is 5.73 Å². The zero-order valence-corrected chi connectivity index (χ0v) is 10.7. The van der Waals surface area contributed by atoms with Gasteiger partial charge in [0.1, 0.15) is 5.75 Å². The number of aromatic hydroxyl groups is 1. The lowest BCUT2D eigenvalue weighted by Gasteiger charge is -2.08. The molecule has 4 N–H and O–H groups in total. The van der Waals surface area contributed by atoms with Crippen LogP contribution in [0.15, 0.2) is 36.4 Å². The first-order chi connectivity index (χ1) is 9.22. The van der Waals surface area contributed by atoms with Gasteiger partial charge in [-0.1, -0.05) is 24.3 Å². The Labute approximate surface area is 112 Å². The van der Waals surface area contributed by atoms with Crippen LogP contribution in [0.3, 0.4) is 0 Å². The van der Waals surface area contributed by atoms with E-state index < -0.39 is 0 Å². The van der Waals surface area contributed by atoms with Gasteiger partial charge in [-0.2, -0.15) is 0 Å². The minimum absolute atomic E-state index is 0.00928. The maximum absolute atomic E-state index is 12.0. The van der Waals surface area contributed by atoms with E-state index >= 15 is 0 Å². The maximum atomic E-state index is 12.0. The third-order valence-corrected chi connectivity index (χ3v) is 3.03. The maximum Gasteiger partial charge on any atom is 0.255 e. The van der Waals surface area contributed by atoms with Crippen molar-refractivity contribution in [1.29, 1.82) is 0 Å². The van der Waals surface area contributed by atoms with Gasteiger partial charge in [0.25, 0.3) is 5.91 Å². The lowest BCUT2D eigenvalue weighted by Crippen LogP contribution is -2.24. The minimum Gasteiger partial charge on any atom is -0.507 e. The summed E-state index contributed by atoms with van der Waals surface area (Å²) in [7, 11) is 0. The van der Waals surface area contributed by atoms with E-state index in [0.717, 1.165) is 23.6 Å². The number of hydrogen-bond acceptors (Lipinski definition) is 3. The van der Waals surface area contributed by atoms with Gasteiger partial charge < -0.3 is 16.2 Å². The molecule has 0 radical (unpaired) electrons. The van der Waals surface area contributed by atoms with Crippen LogP contribution in [0.2, 0.25) is 0 Å². The van der Waals surface area contributed by atoms with Crippen molar-refractivity contribution in [2.45, 2.75) is 12.8 Å². The van der Waals surface area contributed by atoms with Crippen LogP contribution in [-0.2, 0) is 0 Å². The first kappa shape index (κ1) is 13.4. The molecular weight excluding hydrogens is 240 g/mol. The molecule has 100 valence electrons. The molecule has 0 aliphatic heterocycles. The van der Waals surface area contributed by atoms with Gasteiger partial charge in [-0.3, -0.25) is 4.79 Å². The highest BCUT2D eigenvalue weighted by atomic mass is 16.3. The van der Waals surface area contributed by atoms with E-state index in [-0.39, 0.29) is 11.7 Å². The van der Waals surface area contributed by atoms with E-state index in [1.807, 2.05) is 24.3 Å². The van der Waals surface area contributed by atoms with Gasteiger partial charge in [-0.05, 0) is 42.3 Å². The number of phenols is 1. The fraction of sp³-hybridized carbons (Fsp3) is 0.267. The second-order valence-electron chi connectivity index (χ2n) is 4.47. The van der Waals surface area contributed by atoms with Crippen LogP contribution in [0, 0.1) is 0 Å². The smallest absolute Gasteiger partial charge is 0.255 e. The number of carbonyl (C=O) groups excluding carboxylic acids is 1. The molecule has 19 heavy (non-hydrogen) atoms. The second-order valence-corrected chi connectivity index (χ2v) is 4.47. The van der Waals surface area contributed by atoms with Crippen LogP contribution < -0.4 is 11.1 Å². The van der Waals surface area contributed by atoms with Crippen LogP contribution in [0.25, 0.3) is 10.8 Å². The van der Waals surface area contributed by atoms with Gasteiger partial charge in [0, 0.05) is 6.54 Å². The molecule has 0 aliphatic rings. The number of nitrogens with one attached hydrogen (secondary N) is 1. The number of benzene rings is 2. The highest BCUT2D eigenvalue weighted by molar-refractivity contribution is 6.01. The molecule has 0 atom stereocenters. The molecule has 0 fully saturated rings. The van der Waals surface area contributed by atoms with Gasteiger partial charge in [0.05, 0.1) is 5.56 Å². The quantitative estimate of drug-likeness (QED) is 0.718. The molecule has 0 heterocycles. The van der Waals surface area contributed by atoms with Gasteiger partial charge in [0.2, 0.25) is 0 Å². The number of amides is 1. The summed E-state index contributed by atoms with van der Waals surface area (Å²) in [6, 6.07) is 10.9. The first-order valence-electron chi connectivity index (χ1n) is 6.42. The third kappa shape index (κ3) is 3.23. The van der Waals surface area contributed by atoms with E-state index in [9.17, 15) is 9.90 Å². The molecule has 4 heteroatoms. The number of phenolic OH excluding ortho intramolecular Hbond substituents is 1. The molecule has 1 amide bonds. The Morgan fingerprint density at radius 3 is 2.53 bits per heavy atom. The summed E-state index contributed by atoms with van der Waals surface area (Å²) in [5.74, 6) is -0.240. The number of carbonyl (C=O) groups is 1. The predicted octanol–water partition coefficient (Wildman–Crippen LogP) is 2.01. The summed E-state index contributed by atoms with van der Waals surface area (Å²) in [6.45, 7) is 1.19. The summed E-state index contributed by atoms with van der Waals surface area (Å²) in [4.78, 5) is 12.0. The molecule has 0 saturated heterocycles. The standard InChI is InChI=1S/C15H18N2O2/c16-7-3-4-8-17-15(19)13-9-11-5-1-2-6-12(11)10-14(13)18/h1-2,5-6,9-10,18H,3-4,7-8,16H2,(H,17,19). The molecule has 2 rings (SSSR count). The van der Waals surface area contributed by atoms with Gasteiger partial charge >= 0.3 is 0 Å². The zero-order valence-electron chi connectivity index (χ0n) is 10.7. The highest BCUT2D eigenvalue weighted by Gasteiger charge is 2.11. The number of nitrogens with two attached hydrogens (primary N) is 1. The Hall–Kier alpha value is -2.07. The second kappa shape index (κ2) is 6.20. The number of unbranched alkanes of at least 4 members (excludes halogenated alkanes) is 1. The van der Waals surface area contributed by atoms with Gasteiger partial charge in [0.15, 0.2) is 0 Å². The van der Waals surface area contributed by atoms with E-state index in [4.69, 9.17) is 5.73 Å². The van der Waals surface area contributed by atoms with Crippen LogP contribution >= 0.6 is 0 Å². The fourth-order valence-corrected chi connectivity index (χ4v) is 1.98. The summed E-state index contributed by atoms with van der Waals surface area (Å²) in [5.41, 5.74) is 5.70. The number of hydrogen-bond donors (Lipinski definition) is 3. The molecule has 4 nitrogen and oxygen atoms in total. The summed E-state index contributed by atoms with van der Waals surface area (Å²) in [6.07, 6.45) is 1.72. The van der Waals surface area contributed by atoms with E-state index in [1.54, 1.807) is 12.1 Å². The van der Waals surface area contributed by atoms with Crippen molar-refractivity contribution < 1.29 is 9.90 Å². The average Bonchev–Trinajstić information content (AvgIpc) is 2.42. The average molecular weight is 258 g/mol. The van der Waals surface area contributed by atoms with Crippen molar-refractivity contribution in [2.75, 3.05) is 13.1 Å². The largest absolute Gasteiger partial charge is 0.507 e. The Morgan fingerprint density at radius 2 is 1.84 bits per heavy atom. The zero-order chi connectivity index (χ0) is 13.7. The molecule has 2 aromatic rings. The molecule has 2 aromatic carbocycles. The van der Waals surface area contributed by atoms with E-state index in [0.29, 0.717) is 18.7 Å². The van der Waals surface area contributed by atoms with Gasteiger partial charge in [-0.15, -0.1) is 0 Å². The van der Waals surface area contributed by atoms with Crippen molar-refractivity contribution >= 4 is 16.7 Å². The van der Waals surface area contributed by atoms with Crippen molar-refractivity contribution in [3.8, 4) is 5.75 Å². The Balaban J connectivity index is 2.15. The lowest BCUT2D eigenvalue weighted by atomic mass is 10.1. The Morgan fingerprint density at radius 1 is 1.16 bits per heavy atom. The van der Waals surface area contributed by atoms with Crippen LogP contribution in [0.1, 0.15) is 23.2 Å². The third-order valence-electron chi connectivity index (χ3n) is 3.03. The first-order valence-corrected chi connectivity index (χ1v) is 6.42. The minimum atomic E-state index is -0.250.